The fourth-order valence-electron chi connectivity index (χ4n) is 0.393. The molecule has 4 nitrogen and oxygen atoms in total. The molecule has 1 aromatic rings. The maximum absolute atomic E-state index is 8.19. The standard InChI is InChI=1S/C5HN4/c6-1-5-2-9(3-7)4-8-5/h2H. The van der Waals surface area contributed by atoms with Crippen LogP contribution in [-0.4, -0.2) is 9.55 Å². The second-order valence-corrected chi connectivity index (χ2v) is 1.31. The van der Waals surface area contributed by atoms with Crippen LogP contribution in [0.25, 0.3) is 0 Å². The molecule has 0 spiro atoms. The molecular weight excluding hydrogens is 116 g/mol. The van der Waals surface area contributed by atoms with Crippen LogP contribution >= 0.6 is 0 Å². The Kier molecular flexibility index (Phi) is 1.17. The molecule has 4 heteroatoms. The van der Waals surface area contributed by atoms with Gasteiger partial charge < -0.3 is 0 Å². The third kappa shape index (κ3) is 0.868. The second kappa shape index (κ2) is 1.97. The Morgan fingerprint density at radius 1 is 1.67 bits per heavy atom. The molecule has 0 bridgehead atoms. The first-order valence-corrected chi connectivity index (χ1v) is 2.14. The molecule has 0 fully saturated rings. The number of hydrogen-bond donors (Lipinski definition) is 0. The second-order valence-electron chi connectivity index (χ2n) is 1.31. The number of imidazole rings is 1. The van der Waals surface area contributed by atoms with Gasteiger partial charge >= 0.3 is 0 Å². The van der Waals surface area contributed by atoms with Gasteiger partial charge in [-0.3, -0.25) is 0 Å². The predicted octanol–water partition coefficient (Wildman–Crippen LogP) is -0.116. The minimum absolute atomic E-state index is 0.205. The van der Waals surface area contributed by atoms with E-state index in [2.05, 4.69) is 11.3 Å². The van der Waals surface area contributed by atoms with Gasteiger partial charge in [-0.05, 0) is 0 Å². The monoisotopic (exact) mass is 117 g/mol. The maximum atomic E-state index is 8.19. The quantitative estimate of drug-likeness (QED) is 0.476. The van der Waals surface area contributed by atoms with Gasteiger partial charge in [0.25, 0.3) is 0 Å². The van der Waals surface area contributed by atoms with Crippen molar-refractivity contribution in [2.45, 2.75) is 0 Å². The van der Waals surface area contributed by atoms with Crippen LogP contribution in [0.1, 0.15) is 5.69 Å². The zero-order valence-electron chi connectivity index (χ0n) is 4.37. The molecule has 0 saturated heterocycles. The zero-order chi connectivity index (χ0) is 6.69. The molecule has 0 aliphatic heterocycles. The van der Waals surface area contributed by atoms with Crippen molar-refractivity contribution in [1.82, 2.24) is 9.55 Å². The summed E-state index contributed by atoms with van der Waals surface area (Å²) in [4.78, 5) is 3.46. The Bertz CT molecular complexity index is 256. The van der Waals surface area contributed by atoms with E-state index < -0.39 is 0 Å². The van der Waals surface area contributed by atoms with Crippen LogP contribution in [0.2, 0.25) is 0 Å². The zero-order valence-corrected chi connectivity index (χ0v) is 4.37. The normalized spacial score (nSPS) is 7.78. The Hall–Kier alpha value is -1.81. The van der Waals surface area contributed by atoms with Crippen LogP contribution in [0.5, 0.6) is 0 Å². The molecule has 0 atom stereocenters. The van der Waals surface area contributed by atoms with Crippen molar-refractivity contribution < 1.29 is 0 Å². The van der Waals surface area contributed by atoms with Crippen LogP contribution in [0.3, 0.4) is 0 Å². The molecule has 0 aliphatic carbocycles. The highest BCUT2D eigenvalue weighted by molar-refractivity contribution is 5.16. The van der Waals surface area contributed by atoms with E-state index >= 15 is 0 Å². The van der Waals surface area contributed by atoms with E-state index in [1.165, 1.54) is 6.20 Å². The highest BCUT2D eigenvalue weighted by atomic mass is 15.0. The average molecular weight is 117 g/mol. The summed E-state index contributed by atoms with van der Waals surface area (Å²) in [7, 11) is 0. The van der Waals surface area contributed by atoms with Gasteiger partial charge in [0.15, 0.2) is 18.2 Å². The van der Waals surface area contributed by atoms with Crippen molar-refractivity contribution in [2.24, 2.45) is 0 Å². The fraction of sp³-hybridized carbons (Fsp3) is 0. The van der Waals surface area contributed by atoms with Crippen molar-refractivity contribution >= 4 is 0 Å². The molecular formula is C5HN4. The molecule has 1 aromatic heterocycles. The van der Waals surface area contributed by atoms with Gasteiger partial charge in [0.1, 0.15) is 6.07 Å². The lowest BCUT2D eigenvalue weighted by Gasteiger charge is -1.71. The van der Waals surface area contributed by atoms with Gasteiger partial charge in [-0.2, -0.15) is 10.5 Å². The summed E-state index contributed by atoms with van der Waals surface area (Å²) in [5, 5.41) is 16.4. The Morgan fingerprint density at radius 3 is 2.78 bits per heavy atom. The minimum Gasteiger partial charge on any atom is -0.232 e. The van der Waals surface area contributed by atoms with Crippen LogP contribution < -0.4 is 0 Å². The Balaban J connectivity index is 3.08. The lowest BCUT2D eigenvalue weighted by atomic mass is 10.5. The van der Waals surface area contributed by atoms with Gasteiger partial charge in [-0.15, -0.1) is 0 Å². The van der Waals surface area contributed by atoms with E-state index in [1.807, 2.05) is 0 Å². The summed E-state index contributed by atoms with van der Waals surface area (Å²) in [6.07, 6.45) is 5.32. The van der Waals surface area contributed by atoms with Gasteiger partial charge in [0, 0.05) is 0 Å². The van der Waals surface area contributed by atoms with Gasteiger partial charge in [0.05, 0.1) is 6.20 Å². The molecule has 0 aromatic carbocycles. The number of hydrogen-bond acceptors (Lipinski definition) is 3. The number of rotatable bonds is 0. The molecule has 0 saturated carbocycles. The largest absolute Gasteiger partial charge is 0.232 e. The fourth-order valence-corrected chi connectivity index (χ4v) is 0.393. The summed E-state index contributed by atoms with van der Waals surface area (Å²) >= 11 is 0. The van der Waals surface area contributed by atoms with Crippen molar-refractivity contribution in [3.63, 3.8) is 0 Å². The van der Waals surface area contributed by atoms with Crippen LogP contribution in [0, 0.1) is 29.1 Å². The summed E-state index contributed by atoms with van der Waals surface area (Å²) in [6, 6.07) is 1.77. The smallest absolute Gasteiger partial charge is 0.192 e. The van der Waals surface area contributed by atoms with Crippen LogP contribution in [-0.2, 0) is 0 Å². The van der Waals surface area contributed by atoms with E-state index in [1.54, 1.807) is 12.3 Å². The van der Waals surface area contributed by atoms with Crippen molar-refractivity contribution in [2.75, 3.05) is 0 Å². The Labute approximate surface area is 51.6 Å². The van der Waals surface area contributed by atoms with E-state index in [0.29, 0.717) is 0 Å². The van der Waals surface area contributed by atoms with E-state index in [0.717, 1.165) is 4.57 Å². The third-order valence-corrected chi connectivity index (χ3v) is 0.752. The lowest BCUT2D eigenvalue weighted by Crippen LogP contribution is -1.78. The lowest BCUT2D eigenvalue weighted by molar-refractivity contribution is 1.06. The van der Waals surface area contributed by atoms with E-state index in [-0.39, 0.29) is 5.69 Å². The molecule has 41 valence electrons. The summed E-state index contributed by atoms with van der Waals surface area (Å²) < 4.78 is 1.04. The predicted molar refractivity (Wildman–Crippen MR) is 26.8 cm³/mol. The van der Waals surface area contributed by atoms with Gasteiger partial charge in [-0.1, -0.05) is 0 Å². The number of nitrogens with zero attached hydrogens (tertiary/aromatic N) is 4. The van der Waals surface area contributed by atoms with Crippen LogP contribution in [0.4, 0.5) is 0 Å². The molecule has 0 amide bonds. The van der Waals surface area contributed by atoms with Crippen molar-refractivity contribution in [3.8, 4) is 12.3 Å². The number of nitriles is 2. The summed E-state index contributed by atoms with van der Waals surface area (Å²) in [5.74, 6) is 0. The first-order valence-electron chi connectivity index (χ1n) is 2.14. The van der Waals surface area contributed by atoms with Gasteiger partial charge in [0.2, 0.25) is 0 Å². The topological polar surface area (TPSA) is 65.4 Å². The molecule has 1 radical (unpaired) electrons. The first kappa shape index (κ1) is 5.33. The van der Waals surface area contributed by atoms with E-state index in [9.17, 15) is 0 Å². The van der Waals surface area contributed by atoms with E-state index in [4.69, 9.17) is 10.5 Å². The highest BCUT2D eigenvalue weighted by Crippen LogP contribution is 1.88. The molecule has 0 aliphatic rings. The van der Waals surface area contributed by atoms with Crippen LogP contribution in [0.15, 0.2) is 6.20 Å². The minimum atomic E-state index is 0.205. The van der Waals surface area contributed by atoms with Crippen molar-refractivity contribution in [3.05, 3.63) is 18.2 Å². The SMILES string of the molecule is N#Cc1cn(C#N)[c]n1. The molecule has 0 N–H and O–H groups in total. The third-order valence-electron chi connectivity index (χ3n) is 0.752. The first-order chi connectivity index (χ1) is 4.36. The summed E-state index contributed by atoms with van der Waals surface area (Å²) in [5.41, 5.74) is 0.205. The molecule has 1 rings (SSSR count). The van der Waals surface area contributed by atoms with Gasteiger partial charge in [-0.25, -0.2) is 9.55 Å². The number of aromatic nitrogens is 2. The Morgan fingerprint density at radius 2 is 2.44 bits per heavy atom. The average Bonchev–Trinajstić information content (AvgIpc) is 2.34. The highest BCUT2D eigenvalue weighted by Gasteiger charge is 1.93. The maximum Gasteiger partial charge on any atom is 0.192 e. The summed E-state index contributed by atoms with van der Waals surface area (Å²) in [6.45, 7) is 0. The molecule has 1 heterocycles. The molecule has 0 unspecified atom stereocenters. The molecule has 9 heavy (non-hydrogen) atoms. The van der Waals surface area contributed by atoms with Crippen molar-refractivity contribution in [1.29, 1.82) is 10.5 Å².